The van der Waals surface area contributed by atoms with Crippen LogP contribution in [0.5, 0.6) is 0 Å². The molecule has 1 aromatic carbocycles. The first kappa shape index (κ1) is 15.0. The Balaban J connectivity index is 1.72. The highest BCUT2D eigenvalue weighted by atomic mass is 32.1. The summed E-state index contributed by atoms with van der Waals surface area (Å²) in [6, 6.07) is 7.40. The maximum absolute atomic E-state index is 12.8. The van der Waals surface area contributed by atoms with Crippen molar-refractivity contribution in [3.63, 3.8) is 0 Å². The van der Waals surface area contributed by atoms with Gasteiger partial charge in [-0.25, -0.2) is 4.98 Å². The maximum Gasteiger partial charge on any atom is 0.315 e. The van der Waals surface area contributed by atoms with Gasteiger partial charge in [0, 0.05) is 23.4 Å². The van der Waals surface area contributed by atoms with Gasteiger partial charge in [-0.2, -0.15) is 0 Å². The predicted molar refractivity (Wildman–Crippen MR) is 88.0 cm³/mol. The zero-order chi connectivity index (χ0) is 16.7. The standard InChI is InChI=1S/C17H14N2O4S/c20-9-19-7-12(10-3-1-2-4-14(10)19)15(21)16-18-13(8-24-16)11-5-6-23-17(11)22/h1-4,7-8,11,20H,5-6,9H2. The van der Waals surface area contributed by atoms with Crippen molar-refractivity contribution in [1.29, 1.82) is 0 Å². The van der Waals surface area contributed by atoms with Gasteiger partial charge in [0.1, 0.15) is 12.6 Å². The maximum atomic E-state index is 12.8. The van der Waals surface area contributed by atoms with Crippen LogP contribution in [0.15, 0.2) is 35.8 Å². The zero-order valence-electron chi connectivity index (χ0n) is 12.6. The monoisotopic (exact) mass is 342 g/mol. The van der Waals surface area contributed by atoms with E-state index in [0.717, 1.165) is 10.9 Å². The Morgan fingerprint density at radius 1 is 1.42 bits per heavy atom. The highest BCUT2D eigenvalue weighted by molar-refractivity contribution is 7.12. The van der Waals surface area contributed by atoms with Crippen molar-refractivity contribution >= 4 is 34.0 Å². The number of ether oxygens (including phenoxy) is 1. The van der Waals surface area contributed by atoms with E-state index in [1.54, 1.807) is 16.1 Å². The SMILES string of the molecule is O=C(c1nc(C2CCOC2=O)cs1)c1cn(CO)c2ccccc12. The predicted octanol–water partition coefficient (Wildman–Crippen LogP) is 2.31. The Morgan fingerprint density at radius 3 is 3.00 bits per heavy atom. The lowest BCUT2D eigenvalue weighted by atomic mass is 10.1. The summed E-state index contributed by atoms with van der Waals surface area (Å²) in [6.07, 6.45) is 2.23. The van der Waals surface area contributed by atoms with Crippen LogP contribution in [0.2, 0.25) is 0 Å². The van der Waals surface area contributed by atoms with Crippen LogP contribution in [0.4, 0.5) is 0 Å². The van der Waals surface area contributed by atoms with Crippen LogP contribution in [0, 0.1) is 0 Å². The molecule has 1 unspecified atom stereocenters. The fraction of sp³-hybridized carbons (Fsp3) is 0.235. The van der Waals surface area contributed by atoms with Gasteiger partial charge in [0.2, 0.25) is 5.78 Å². The zero-order valence-corrected chi connectivity index (χ0v) is 13.5. The summed E-state index contributed by atoms with van der Waals surface area (Å²) < 4.78 is 6.58. The third kappa shape index (κ3) is 2.33. The number of aliphatic hydroxyl groups excluding tert-OH is 1. The van der Waals surface area contributed by atoms with Gasteiger partial charge in [-0.05, 0) is 6.07 Å². The van der Waals surface area contributed by atoms with Crippen molar-refractivity contribution < 1.29 is 19.4 Å². The number of rotatable bonds is 4. The third-order valence-corrected chi connectivity index (χ3v) is 5.05. The van der Waals surface area contributed by atoms with Crippen LogP contribution in [0.25, 0.3) is 10.9 Å². The molecule has 1 saturated heterocycles. The first-order valence-electron chi connectivity index (χ1n) is 7.54. The van der Waals surface area contributed by atoms with Crippen LogP contribution in [-0.2, 0) is 16.3 Å². The molecule has 0 saturated carbocycles. The molecule has 1 aliphatic rings. The molecule has 1 aliphatic heterocycles. The smallest absolute Gasteiger partial charge is 0.315 e. The molecule has 122 valence electrons. The van der Waals surface area contributed by atoms with Crippen molar-refractivity contribution in [2.24, 2.45) is 0 Å². The van der Waals surface area contributed by atoms with E-state index in [4.69, 9.17) is 4.74 Å². The number of esters is 1. The largest absolute Gasteiger partial charge is 0.465 e. The van der Waals surface area contributed by atoms with Gasteiger partial charge in [-0.3, -0.25) is 9.59 Å². The van der Waals surface area contributed by atoms with E-state index in [0.29, 0.717) is 29.3 Å². The molecule has 1 atom stereocenters. The Labute approximate surface area is 141 Å². The normalized spacial score (nSPS) is 17.4. The van der Waals surface area contributed by atoms with Crippen molar-refractivity contribution in [1.82, 2.24) is 9.55 Å². The van der Waals surface area contributed by atoms with Crippen molar-refractivity contribution in [2.45, 2.75) is 19.1 Å². The van der Waals surface area contributed by atoms with Crippen molar-refractivity contribution in [2.75, 3.05) is 6.61 Å². The Bertz CT molecular complexity index is 943. The number of para-hydroxylation sites is 1. The van der Waals surface area contributed by atoms with E-state index in [-0.39, 0.29) is 24.4 Å². The van der Waals surface area contributed by atoms with Crippen LogP contribution < -0.4 is 0 Å². The number of benzene rings is 1. The number of thiazole rings is 1. The molecule has 0 spiro atoms. The van der Waals surface area contributed by atoms with E-state index >= 15 is 0 Å². The lowest BCUT2D eigenvalue weighted by Gasteiger charge is -1.99. The van der Waals surface area contributed by atoms with Crippen LogP contribution in [0.3, 0.4) is 0 Å². The number of fused-ring (bicyclic) bond motifs is 1. The highest BCUT2D eigenvalue weighted by Gasteiger charge is 2.31. The van der Waals surface area contributed by atoms with E-state index in [1.807, 2.05) is 24.3 Å². The molecule has 7 heteroatoms. The molecule has 1 fully saturated rings. The van der Waals surface area contributed by atoms with Crippen molar-refractivity contribution in [3.8, 4) is 0 Å². The molecule has 0 radical (unpaired) electrons. The van der Waals surface area contributed by atoms with Crippen molar-refractivity contribution in [3.05, 3.63) is 52.1 Å². The number of aliphatic hydroxyl groups is 1. The molecule has 0 aliphatic carbocycles. The Kier molecular flexibility index (Phi) is 3.66. The summed E-state index contributed by atoms with van der Waals surface area (Å²) in [6.45, 7) is 0.194. The number of cyclic esters (lactones) is 1. The van der Waals surface area contributed by atoms with Crippen LogP contribution in [-0.4, -0.2) is 33.0 Å². The summed E-state index contributed by atoms with van der Waals surface area (Å²) in [7, 11) is 0. The molecule has 4 rings (SSSR count). The number of ketones is 1. The number of aromatic nitrogens is 2. The molecule has 6 nitrogen and oxygen atoms in total. The Hall–Kier alpha value is -2.51. The molecule has 0 amide bonds. The van der Waals surface area contributed by atoms with Gasteiger partial charge in [-0.1, -0.05) is 18.2 Å². The van der Waals surface area contributed by atoms with E-state index in [1.165, 1.54) is 11.3 Å². The Morgan fingerprint density at radius 2 is 2.25 bits per heavy atom. The van der Waals surface area contributed by atoms with E-state index in [9.17, 15) is 14.7 Å². The highest BCUT2D eigenvalue weighted by Crippen LogP contribution is 2.30. The molecule has 3 heterocycles. The van der Waals surface area contributed by atoms with Crippen LogP contribution >= 0.6 is 11.3 Å². The second-order valence-electron chi connectivity index (χ2n) is 5.59. The molecule has 0 bridgehead atoms. The van der Waals surface area contributed by atoms with E-state index < -0.39 is 0 Å². The molecule has 1 N–H and O–H groups in total. The second kappa shape index (κ2) is 5.85. The summed E-state index contributed by atoms with van der Waals surface area (Å²) >= 11 is 1.23. The van der Waals surface area contributed by atoms with Gasteiger partial charge in [0.15, 0.2) is 5.01 Å². The number of hydrogen-bond donors (Lipinski definition) is 1. The lowest BCUT2D eigenvalue weighted by molar-refractivity contribution is -0.139. The van der Waals surface area contributed by atoms with Crippen LogP contribution in [0.1, 0.15) is 33.4 Å². The molecular weight excluding hydrogens is 328 g/mol. The summed E-state index contributed by atoms with van der Waals surface area (Å²) in [5.41, 5.74) is 1.88. The average Bonchev–Trinajstić information content (AvgIpc) is 3.31. The number of carbonyl (C=O) groups is 2. The van der Waals surface area contributed by atoms with Gasteiger partial charge in [0.25, 0.3) is 0 Å². The van der Waals surface area contributed by atoms with Gasteiger partial charge >= 0.3 is 5.97 Å². The molecule has 2 aromatic heterocycles. The summed E-state index contributed by atoms with van der Waals surface area (Å²) in [5.74, 6) is -0.862. The first-order chi connectivity index (χ1) is 11.7. The number of carbonyl (C=O) groups excluding carboxylic acids is 2. The quantitative estimate of drug-likeness (QED) is 0.581. The topological polar surface area (TPSA) is 81.4 Å². The average molecular weight is 342 g/mol. The fourth-order valence-corrected chi connectivity index (χ4v) is 3.80. The van der Waals surface area contributed by atoms with Gasteiger partial charge in [-0.15, -0.1) is 11.3 Å². The minimum Gasteiger partial charge on any atom is -0.465 e. The number of hydrogen-bond acceptors (Lipinski definition) is 6. The molecular formula is C17H14N2O4S. The van der Waals surface area contributed by atoms with Gasteiger partial charge < -0.3 is 14.4 Å². The molecule has 3 aromatic rings. The van der Waals surface area contributed by atoms with Gasteiger partial charge in [0.05, 0.1) is 23.4 Å². The minimum absolute atomic E-state index is 0.204. The number of nitrogens with zero attached hydrogens (tertiary/aromatic N) is 2. The minimum atomic E-state index is -0.374. The summed E-state index contributed by atoms with van der Waals surface area (Å²) in [5, 5.41) is 12.3. The first-order valence-corrected chi connectivity index (χ1v) is 8.42. The van der Waals surface area contributed by atoms with E-state index in [2.05, 4.69) is 4.98 Å². The molecule has 24 heavy (non-hydrogen) atoms. The summed E-state index contributed by atoms with van der Waals surface area (Å²) in [4.78, 5) is 28.9. The second-order valence-corrected chi connectivity index (χ2v) is 6.44. The fourth-order valence-electron chi connectivity index (χ4n) is 2.97. The lowest BCUT2D eigenvalue weighted by Crippen LogP contribution is -2.07. The third-order valence-electron chi connectivity index (χ3n) is 4.19.